The van der Waals surface area contributed by atoms with Crippen molar-refractivity contribution in [2.45, 2.75) is 0 Å². The van der Waals surface area contributed by atoms with Crippen molar-refractivity contribution in [3.05, 3.63) is 0 Å². The van der Waals surface area contributed by atoms with Crippen molar-refractivity contribution in [1.29, 1.82) is 0 Å². The Balaban J connectivity index is -0.000000153. The second-order valence-corrected chi connectivity index (χ2v) is 3.59. The van der Waals surface area contributed by atoms with Crippen molar-refractivity contribution < 1.29 is 36.0 Å². The Morgan fingerprint density at radius 3 is 0.867 bits per heavy atom. The molecule has 8 nitrogen and oxygen atoms in total. The Morgan fingerprint density at radius 1 is 0.667 bits per heavy atom. The molecule has 0 amide bonds. The molecular weight excluding hydrogens is 342 g/mol. The van der Waals surface area contributed by atoms with Gasteiger partial charge in [0.1, 0.15) is 0 Å². The molecule has 0 rings (SSSR count). The van der Waals surface area contributed by atoms with Gasteiger partial charge in [0.25, 0.3) is 0 Å². The van der Waals surface area contributed by atoms with E-state index < -0.39 is 0 Å². The number of rotatable bonds is 2. The molecule has 11 heteroatoms. The Kier molecular flexibility index (Phi) is 38.2. The zero-order valence-electron chi connectivity index (χ0n) is 6.98. The van der Waals surface area contributed by atoms with Gasteiger partial charge in [-0.1, -0.05) is 20.6 Å². The summed E-state index contributed by atoms with van der Waals surface area (Å²) >= 11 is -0.226. The fourth-order valence-electron chi connectivity index (χ4n) is 0.119. The predicted octanol–water partition coefficient (Wildman–Crippen LogP) is 1.19. The van der Waals surface area contributed by atoms with Gasteiger partial charge in [0.2, 0.25) is 0 Å². The summed E-state index contributed by atoms with van der Waals surface area (Å²) in [6, 6.07) is 0. The molecule has 0 saturated carbocycles. The van der Waals surface area contributed by atoms with Crippen LogP contribution in [0.25, 0.3) is 0 Å². The van der Waals surface area contributed by atoms with Gasteiger partial charge in [-0.2, -0.15) is 0 Å². The third-order valence-electron chi connectivity index (χ3n) is 0.400. The Labute approximate surface area is 101 Å². The van der Waals surface area contributed by atoms with E-state index in [2.05, 4.69) is 20.6 Å². The molecule has 0 aromatic heterocycles. The molecule has 0 radical (unpaired) electrons. The summed E-state index contributed by atoms with van der Waals surface area (Å²) < 4.78 is 0. The summed E-state index contributed by atoms with van der Waals surface area (Å²) in [6.45, 7) is 0. The Hall–Kier alpha value is -0.917. The minimum absolute atomic E-state index is 0.226. The first-order valence-electron chi connectivity index (χ1n) is 2.75. The monoisotopic (exact) mass is 349 g/mol. The third kappa shape index (κ3) is 62.2. The fraction of sp³-hybridized carbons (Fsp3) is 0. The van der Waals surface area contributed by atoms with Gasteiger partial charge in [0.15, 0.2) is 0 Å². The normalized spacial score (nSPS) is 10.5. The van der Waals surface area contributed by atoms with Crippen molar-refractivity contribution in [1.82, 2.24) is 0 Å². The number of nitrogens with zero attached hydrogens (tertiary/aromatic N) is 4. The van der Waals surface area contributed by atoms with E-state index in [1.807, 2.05) is 0 Å². The molecule has 91 valence electrons. The molecule has 0 heterocycles. The van der Waals surface area contributed by atoms with E-state index in [0.717, 1.165) is 24.9 Å². The number of oxime groups is 4. The first kappa shape index (κ1) is 19.6. The summed E-state index contributed by atoms with van der Waals surface area (Å²) in [4.78, 5) is 0. The van der Waals surface area contributed by atoms with E-state index in [-0.39, 0.29) is 15.1 Å². The minimum atomic E-state index is -0.226. The van der Waals surface area contributed by atoms with E-state index in [1.165, 1.54) is 0 Å². The Bertz CT molecular complexity index is 161. The second-order valence-electron chi connectivity index (χ2n) is 1.11. The van der Waals surface area contributed by atoms with Crippen LogP contribution >= 0.6 is 19.4 Å². The van der Waals surface area contributed by atoms with E-state index >= 15 is 0 Å². The van der Waals surface area contributed by atoms with E-state index in [9.17, 15) is 0 Å². The van der Waals surface area contributed by atoms with Crippen LogP contribution in [0.15, 0.2) is 20.6 Å². The van der Waals surface area contributed by atoms with Gasteiger partial charge < -0.3 is 20.8 Å². The molecule has 0 saturated heterocycles. The maximum atomic E-state index is 7.56. The molecule has 0 aliphatic heterocycles. The third-order valence-corrected chi connectivity index (χ3v) is 0.400. The summed E-state index contributed by atoms with van der Waals surface area (Å²) in [7, 11) is 9.67. The molecule has 0 aromatic carbocycles. The van der Waals surface area contributed by atoms with Gasteiger partial charge in [-0.3, -0.25) is 0 Å². The summed E-state index contributed by atoms with van der Waals surface area (Å²) in [6.07, 6.45) is 3.78. The van der Waals surface area contributed by atoms with E-state index in [1.54, 1.807) is 0 Å². The van der Waals surface area contributed by atoms with Gasteiger partial charge in [-0.15, -0.1) is 0 Å². The number of halogens is 2. The topological polar surface area (TPSA) is 130 Å². The summed E-state index contributed by atoms with van der Waals surface area (Å²) in [5, 5.41) is 40.2. The first-order valence-corrected chi connectivity index (χ1v) is 6.97. The van der Waals surface area contributed by atoms with Crippen LogP contribution in [0.4, 0.5) is 0 Å². The van der Waals surface area contributed by atoms with Gasteiger partial charge >= 0.3 is 34.5 Å². The summed E-state index contributed by atoms with van der Waals surface area (Å²) in [5.74, 6) is 0. The van der Waals surface area contributed by atoms with Crippen molar-refractivity contribution in [3.8, 4) is 0 Å². The van der Waals surface area contributed by atoms with Crippen LogP contribution in [0.5, 0.6) is 0 Å². The van der Waals surface area contributed by atoms with Crippen molar-refractivity contribution in [2.24, 2.45) is 20.6 Å². The van der Waals surface area contributed by atoms with Crippen LogP contribution in [0.1, 0.15) is 0 Å². The molecule has 0 aromatic rings. The molecule has 0 spiro atoms. The molecule has 0 aliphatic carbocycles. The average Bonchev–Trinajstić information content (AvgIpc) is 2.25. The number of hydrogen-bond donors (Lipinski definition) is 4. The quantitative estimate of drug-likeness (QED) is 0.258. The van der Waals surface area contributed by atoms with Crippen LogP contribution in [-0.2, 0) is 15.1 Å². The van der Waals surface area contributed by atoms with Crippen LogP contribution in [-0.4, -0.2) is 45.7 Å². The fourth-order valence-corrected chi connectivity index (χ4v) is 0.119. The summed E-state index contributed by atoms with van der Waals surface area (Å²) in [5.41, 5.74) is 0. The predicted molar refractivity (Wildman–Crippen MR) is 52.8 cm³/mol. The molecule has 15 heavy (non-hydrogen) atoms. The van der Waals surface area contributed by atoms with Gasteiger partial charge in [-0.05, 0) is 0 Å². The Morgan fingerprint density at radius 2 is 0.800 bits per heavy atom. The van der Waals surface area contributed by atoms with E-state index in [4.69, 9.17) is 40.2 Å². The molecule has 4 N–H and O–H groups in total. The van der Waals surface area contributed by atoms with Crippen molar-refractivity contribution in [3.63, 3.8) is 0 Å². The first-order chi connectivity index (χ1) is 7.24. The molecule has 0 unspecified atom stereocenters. The molecule has 0 fully saturated rings. The van der Waals surface area contributed by atoms with Crippen LogP contribution in [0.3, 0.4) is 0 Å². The molecule has 0 bridgehead atoms. The van der Waals surface area contributed by atoms with Crippen molar-refractivity contribution >= 4 is 44.2 Å². The SMILES string of the molecule is O/N=C/C=N/O.O/N=C/C=N/O.[Cl][Rh][Cl]. The molecular formula is C4H8Cl2N4O4Rh. The average molecular weight is 350 g/mol. The van der Waals surface area contributed by atoms with Crippen molar-refractivity contribution in [2.75, 3.05) is 0 Å². The molecule has 0 aliphatic rings. The maximum absolute atomic E-state index is 7.56. The zero-order chi connectivity index (χ0) is 12.4. The van der Waals surface area contributed by atoms with Gasteiger partial charge in [0, 0.05) is 0 Å². The molecule has 0 atom stereocenters. The van der Waals surface area contributed by atoms with Gasteiger partial charge in [0.05, 0.1) is 24.9 Å². The van der Waals surface area contributed by atoms with Crippen LogP contribution < -0.4 is 0 Å². The number of hydrogen-bond acceptors (Lipinski definition) is 8. The van der Waals surface area contributed by atoms with Crippen LogP contribution in [0.2, 0.25) is 0 Å². The second kappa shape index (κ2) is 29.2. The van der Waals surface area contributed by atoms with Crippen LogP contribution in [0, 0.1) is 0 Å². The zero-order valence-corrected chi connectivity index (χ0v) is 10.1. The van der Waals surface area contributed by atoms with Gasteiger partial charge in [-0.25, -0.2) is 0 Å². The van der Waals surface area contributed by atoms with E-state index in [0.29, 0.717) is 0 Å². The standard InChI is InChI=1S/2C2H4N2O2.2ClH.Rh/c2*5-3-1-2-4-6;;;/h2*1-2,5-6H;2*1H;/q;;;;+2/p-2/b2*3-1+,4-2+;;;.